The van der Waals surface area contributed by atoms with Gasteiger partial charge in [0.15, 0.2) is 39.3 Å². The molecule has 0 aromatic carbocycles. The lowest BCUT2D eigenvalue weighted by Gasteiger charge is -2.36. The lowest BCUT2D eigenvalue weighted by atomic mass is 10.3. The molecule has 0 N–H and O–H groups in total. The Hall–Kier alpha value is -1.99. The van der Waals surface area contributed by atoms with Gasteiger partial charge in [0.05, 0.1) is 14.8 Å². The van der Waals surface area contributed by atoms with Gasteiger partial charge in [-0.3, -0.25) is 0 Å². The molecule has 0 unspecified atom stereocenters. The number of quaternary nitrogens is 3. The highest BCUT2D eigenvalue weighted by molar-refractivity contribution is 7.40. The second-order valence-electron chi connectivity index (χ2n) is 8.55. The maximum atomic E-state index is 12.6. The van der Waals surface area contributed by atoms with Crippen molar-refractivity contribution in [1.82, 2.24) is 0 Å². The monoisotopic (exact) mass is 581 g/mol. The highest BCUT2D eigenvalue weighted by Gasteiger charge is 2.26. The number of allylic oxidation sites excluding steroid dienone is 3. The van der Waals surface area contributed by atoms with E-state index in [1.165, 1.54) is 36.5 Å². The van der Waals surface area contributed by atoms with E-state index in [4.69, 9.17) is 19.2 Å². The molecule has 0 heterocycles. The fourth-order valence-corrected chi connectivity index (χ4v) is 1.74. The van der Waals surface area contributed by atoms with Crippen LogP contribution in [0.2, 0.25) is 0 Å². The molecule has 0 aromatic heterocycles. The molecular formula is C24H42F6N3O4P. The van der Waals surface area contributed by atoms with Crippen molar-refractivity contribution in [3.63, 3.8) is 0 Å². The minimum atomic E-state index is -5.39. The Labute approximate surface area is 222 Å². The van der Waals surface area contributed by atoms with Crippen LogP contribution in [0.1, 0.15) is 41.5 Å². The molecule has 0 aliphatic heterocycles. The molecule has 0 saturated heterocycles. The summed E-state index contributed by atoms with van der Waals surface area (Å²) in [6, 6.07) is 0. The quantitative estimate of drug-likeness (QED) is 0.135. The summed E-state index contributed by atoms with van der Waals surface area (Å²) < 4.78 is 84.2. The fraction of sp³-hybridized carbons (Fsp3) is 0.500. The standard InChI is InChI=1S/3C8H14F2N.H3O4P/c3*1-4-6-11(9,10)7-5-8(2)3;1-5(2,3)4/h3*4-5H,1,6-7H2,2-3H3;(H3,1,2,3,4)/q3*+1;/p-3. The van der Waals surface area contributed by atoms with Crippen LogP contribution in [0.5, 0.6) is 0 Å². The lowest BCUT2D eigenvalue weighted by Crippen LogP contribution is -2.30. The second-order valence-corrected chi connectivity index (χ2v) is 9.44. The number of hydrogen-bond donors (Lipinski definition) is 0. The van der Waals surface area contributed by atoms with E-state index in [0.717, 1.165) is 16.7 Å². The molecule has 0 aromatic rings. The average molecular weight is 582 g/mol. The second kappa shape index (κ2) is 21.9. The number of halogens is 6. The Kier molecular flexibility index (Phi) is 24.8. The molecule has 0 bridgehead atoms. The first-order valence-electron chi connectivity index (χ1n) is 11.2. The third-order valence-corrected chi connectivity index (χ3v) is 3.49. The Morgan fingerprint density at radius 2 is 0.711 bits per heavy atom. The van der Waals surface area contributed by atoms with Crippen molar-refractivity contribution < 1.29 is 60.9 Å². The summed E-state index contributed by atoms with van der Waals surface area (Å²) in [7, 11) is -5.39. The number of nitrogens with zero attached hydrogens (tertiary/aromatic N) is 3. The maximum Gasteiger partial charge on any atom is 0.174 e. The zero-order valence-electron chi connectivity index (χ0n) is 23.0. The Morgan fingerprint density at radius 3 is 0.816 bits per heavy atom. The summed E-state index contributed by atoms with van der Waals surface area (Å²) in [6.45, 7) is 18.9. The highest BCUT2D eigenvalue weighted by atomic mass is 31.2. The van der Waals surface area contributed by atoms with Crippen LogP contribution in [0.15, 0.2) is 72.9 Å². The first-order valence-corrected chi connectivity index (χ1v) is 12.6. The SMILES string of the molecule is C=CC[N+](F)(F)CC=C(C)C.C=CC[N+](F)(F)CC=C(C)C.C=CC[N+](F)(F)CC=C(C)C.O=P([O-])([O-])[O-]. The number of hydrogen-bond acceptors (Lipinski definition) is 4. The summed E-state index contributed by atoms with van der Waals surface area (Å²) in [6.07, 6.45) is 8.22. The molecule has 0 saturated carbocycles. The molecule has 224 valence electrons. The van der Waals surface area contributed by atoms with Gasteiger partial charge in [-0.1, -0.05) is 36.5 Å². The van der Waals surface area contributed by atoms with Gasteiger partial charge in [-0.2, -0.15) is 7.82 Å². The molecule has 0 atom stereocenters. The minimum absolute atomic E-state index is 0.242. The molecule has 0 radical (unpaired) electrons. The van der Waals surface area contributed by atoms with E-state index in [2.05, 4.69) is 19.7 Å². The van der Waals surface area contributed by atoms with Crippen LogP contribution in [-0.2, 0) is 4.57 Å². The molecule has 38 heavy (non-hydrogen) atoms. The maximum absolute atomic E-state index is 12.6. The van der Waals surface area contributed by atoms with E-state index in [1.54, 1.807) is 41.5 Å². The van der Waals surface area contributed by atoms with E-state index < -0.39 is 22.6 Å². The van der Waals surface area contributed by atoms with E-state index in [1.807, 2.05) is 0 Å². The highest BCUT2D eigenvalue weighted by Crippen LogP contribution is 2.11. The van der Waals surface area contributed by atoms with Gasteiger partial charge in [0, 0.05) is 26.9 Å². The van der Waals surface area contributed by atoms with Gasteiger partial charge in [0.1, 0.15) is 0 Å². The summed E-state index contributed by atoms with van der Waals surface area (Å²) >= 11 is 0. The molecule has 0 fully saturated rings. The van der Waals surface area contributed by atoms with Crippen LogP contribution < -0.4 is 14.7 Å². The van der Waals surface area contributed by atoms with Crippen molar-refractivity contribution in [3.05, 3.63) is 72.9 Å². The van der Waals surface area contributed by atoms with Crippen LogP contribution in [0.4, 0.5) is 26.9 Å². The van der Waals surface area contributed by atoms with Gasteiger partial charge < -0.3 is 19.2 Å². The number of phosphoric acid groups is 1. The summed E-state index contributed by atoms with van der Waals surface area (Å²) in [5, 5.41) is 0. The molecule has 14 heteroatoms. The van der Waals surface area contributed by atoms with Crippen molar-refractivity contribution in [2.75, 3.05) is 39.3 Å². The average Bonchev–Trinajstić information content (AvgIpc) is 2.69. The normalized spacial score (nSPS) is 11.0. The molecular weight excluding hydrogens is 539 g/mol. The summed E-state index contributed by atoms with van der Waals surface area (Å²) in [5.74, 6) is 0. The molecule has 0 rings (SSSR count). The van der Waals surface area contributed by atoms with E-state index >= 15 is 0 Å². The van der Waals surface area contributed by atoms with Gasteiger partial charge in [-0.15, -0.1) is 0 Å². The number of rotatable bonds is 12. The van der Waals surface area contributed by atoms with Crippen molar-refractivity contribution in [1.29, 1.82) is 0 Å². The fourth-order valence-electron chi connectivity index (χ4n) is 1.74. The third kappa shape index (κ3) is 47.2. The topological polar surface area (TPSA) is 86.2 Å². The van der Waals surface area contributed by atoms with Crippen LogP contribution in [-0.4, -0.2) is 54.1 Å². The van der Waals surface area contributed by atoms with Gasteiger partial charge in [-0.05, 0) is 78.0 Å². The van der Waals surface area contributed by atoms with Crippen LogP contribution in [0, 0.1) is 0 Å². The van der Waals surface area contributed by atoms with E-state index in [-0.39, 0.29) is 39.3 Å². The summed E-state index contributed by atoms with van der Waals surface area (Å²) in [5.41, 5.74) is 2.73. The van der Waals surface area contributed by atoms with Gasteiger partial charge in [-0.25, -0.2) is 0 Å². The molecule has 0 aliphatic rings. The van der Waals surface area contributed by atoms with Crippen LogP contribution in [0.3, 0.4) is 0 Å². The third-order valence-electron chi connectivity index (χ3n) is 3.49. The lowest BCUT2D eigenvalue weighted by molar-refractivity contribution is -1.16. The van der Waals surface area contributed by atoms with Crippen LogP contribution >= 0.6 is 7.82 Å². The Balaban J connectivity index is -0.000000209. The van der Waals surface area contributed by atoms with Crippen molar-refractivity contribution in [2.45, 2.75) is 41.5 Å². The smallest absolute Gasteiger partial charge is 0.174 e. The zero-order valence-corrected chi connectivity index (χ0v) is 23.9. The minimum Gasteiger partial charge on any atom is -0.822 e. The predicted molar refractivity (Wildman–Crippen MR) is 133 cm³/mol. The van der Waals surface area contributed by atoms with Crippen molar-refractivity contribution >= 4 is 7.82 Å². The first-order chi connectivity index (χ1) is 16.9. The van der Waals surface area contributed by atoms with Gasteiger partial charge >= 0.3 is 0 Å². The van der Waals surface area contributed by atoms with Crippen molar-refractivity contribution in [3.8, 4) is 0 Å². The zero-order chi connectivity index (χ0) is 31.2. The Bertz CT molecular complexity index is 715. The summed E-state index contributed by atoms with van der Waals surface area (Å²) in [4.78, 5) is 19.6. The molecule has 0 spiro atoms. The van der Waals surface area contributed by atoms with Gasteiger partial charge in [0.2, 0.25) is 0 Å². The van der Waals surface area contributed by atoms with Crippen molar-refractivity contribution in [2.24, 2.45) is 0 Å². The van der Waals surface area contributed by atoms with Gasteiger partial charge in [0.25, 0.3) is 0 Å². The Morgan fingerprint density at radius 1 is 0.553 bits per heavy atom. The van der Waals surface area contributed by atoms with Crippen LogP contribution in [0.25, 0.3) is 0 Å². The predicted octanol–water partition coefficient (Wildman–Crippen LogP) is 5.35. The van der Waals surface area contributed by atoms with E-state index in [9.17, 15) is 26.9 Å². The molecule has 7 nitrogen and oxygen atoms in total. The first kappa shape index (κ1) is 43.1. The molecule has 0 aliphatic carbocycles. The molecule has 0 amide bonds. The largest absolute Gasteiger partial charge is 0.822 e. The van der Waals surface area contributed by atoms with E-state index in [0.29, 0.717) is 0 Å².